The Bertz CT molecular complexity index is 319. The highest BCUT2D eigenvalue weighted by molar-refractivity contribution is 7.94. The van der Waals surface area contributed by atoms with Crippen molar-refractivity contribution in [1.29, 1.82) is 0 Å². The van der Waals surface area contributed by atoms with Gasteiger partial charge in [0, 0.05) is 11.4 Å². The number of nitrogens with one attached hydrogen (secondary N) is 1. The van der Waals surface area contributed by atoms with Crippen LogP contribution in [0.2, 0.25) is 0 Å². The molecule has 0 bridgehead atoms. The standard InChI is InChI=1S/C7H11NO4S/c1-12-7(9)4-8-6-2-3-13(10,11)5-6/h2-3,6,8H,4-5H2,1H3. The lowest BCUT2D eigenvalue weighted by molar-refractivity contribution is -0.139. The average molecular weight is 205 g/mol. The molecular weight excluding hydrogens is 194 g/mol. The van der Waals surface area contributed by atoms with Crippen molar-refractivity contribution < 1.29 is 17.9 Å². The van der Waals surface area contributed by atoms with Crippen molar-refractivity contribution in [1.82, 2.24) is 5.32 Å². The largest absolute Gasteiger partial charge is 0.468 e. The Morgan fingerprint density at radius 3 is 2.85 bits per heavy atom. The summed E-state index contributed by atoms with van der Waals surface area (Å²) in [7, 11) is -1.76. The summed E-state index contributed by atoms with van der Waals surface area (Å²) < 4.78 is 26.2. The fourth-order valence-corrected chi connectivity index (χ4v) is 2.26. The van der Waals surface area contributed by atoms with E-state index >= 15 is 0 Å². The lowest BCUT2D eigenvalue weighted by Gasteiger charge is -2.07. The van der Waals surface area contributed by atoms with Gasteiger partial charge in [0.15, 0.2) is 9.84 Å². The van der Waals surface area contributed by atoms with Crippen molar-refractivity contribution in [2.24, 2.45) is 0 Å². The second-order valence-corrected chi connectivity index (χ2v) is 4.65. The maximum absolute atomic E-state index is 10.9. The van der Waals surface area contributed by atoms with E-state index in [4.69, 9.17) is 0 Å². The third-order valence-corrected chi connectivity index (χ3v) is 3.06. The number of carbonyl (C=O) groups excluding carboxylic acids is 1. The van der Waals surface area contributed by atoms with Crippen LogP contribution < -0.4 is 5.32 Å². The lowest BCUT2D eigenvalue weighted by atomic mass is 10.3. The molecule has 0 amide bonds. The average Bonchev–Trinajstić information content (AvgIpc) is 2.41. The Morgan fingerprint density at radius 2 is 2.38 bits per heavy atom. The van der Waals surface area contributed by atoms with Gasteiger partial charge in [-0.25, -0.2) is 8.42 Å². The highest BCUT2D eigenvalue weighted by atomic mass is 32.2. The van der Waals surface area contributed by atoms with Gasteiger partial charge in [-0.15, -0.1) is 0 Å². The van der Waals surface area contributed by atoms with E-state index in [1.165, 1.54) is 13.2 Å². The summed E-state index contributed by atoms with van der Waals surface area (Å²) in [5, 5.41) is 3.90. The van der Waals surface area contributed by atoms with Crippen LogP contribution in [0, 0.1) is 0 Å². The maximum Gasteiger partial charge on any atom is 0.319 e. The topological polar surface area (TPSA) is 72.5 Å². The summed E-state index contributed by atoms with van der Waals surface area (Å²) in [5.41, 5.74) is 0. The molecule has 0 radical (unpaired) electrons. The summed E-state index contributed by atoms with van der Waals surface area (Å²) in [5.74, 6) is -0.387. The van der Waals surface area contributed by atoms with Crippen molar-refractivity contribution in [3.05, 3.63) is 11.5 Å². The molecule has 6 heteroatoms. The summed E-state index contributed by atoms with van der Waals surface area (Å²) in [6, 6.07) is -0.274. The number of ether oxygens (including phenoxy) is 1. The van der Waals surface area contributed by atoms with Gasteiger partial charge in [-0.2, -0.15) is 0 Å². The number of methoxy groups -OCH3 is 1. The van der Waals surface area contributed by atoms with Crippen molar-refractivity contribution >= 4 is 15.8 Å². The molecule has 1 aliphatic rings. The predicted molar refractivity (Wildman–Crippen MR) is 46.7 cm³/mol. The van der Waals surface area contributed by atoms with Crippen LogP contribution in [0.25, 0.3) is 0 Å². The quantitative estimate of drug-likeness (QED) is 0.602. The predicted octanol–water partition coefficient (Wildman–Crippen LogP) is -0.940. The van der Waals surface area contributed by atoms with Gasteiger partial charge in [0.1, 0.15) is 0 Å². The van der Waals surface area contributed by atoms with E-state index in [1.54, 1.807) is 0 Å². The lowest BCUT2D eigenvalue weighted by Crippen LogP contribution is -2.34. The van der Waals surface area contributed by atoms with Crippen LogP contribution in [0.3, 0.4) is 0 Å². The molecule has 74 valence electrons. The maximum atomic E-state index is 10.9. The molecule has 13 heavy (non-hydrogen) atoms. The molecule has 0 aromatic heterocycles. The molecule has 0 spiro atoms. The number of esters is 1. The zero-order chi connectivity index (χ0) is 9.90. The van der Waals surface area contributed by atoms with Gasteiger partial charge in [0.25, 0.3) is 0 Å². The smallest absolute Gasteiger partial charge is 0.319 e. The molecule has 1 heterocycles. The van der Waals surface area contributed by atoms with Crippen molar-refractivity contribution in [3.8, 4) is 0 Å². The number of rotatable bonds is 3. The third kappa shape index (κ3) is 3.16. The summed E-state index contributed by atoms with van der Waals surface area (Å²) in [4.78, 5) is 10.7. The fourth-order valence-electron chi connectivity index (χ4n) is 0.989. The van der Waals surface area contributed by atoms with Crippen LogP contribution in [0.1, 0.15) is 0 Å². The first kappa shape index (κ1) is 10.2. The monoisotopic (exact) mass is 205 g/mol. The van der Waals surface area contributed by atoms with Gasteiger partial charge in [0.05, 0.1) is 19.4 Å². The van der Waals surface area contributed by atoms with Gasteiger partial charge in [0.2, 0.25) is 0 Å². The van der Waals surface area contributed by atoms with Crippen LogP contribution in [0.15, 0.2) is 11.5 Å². The SMILES string of the molecule is COC(=O)CNC1C=CS(=O)(=O)C1. The molecule has 1 unspecified atom stereocenters. The minimum atomic E-state index is -3.05. The Balaban J connectivity index is 2.35. The number of carbonyl (C=O) groups is 1. The Kier molecular flexibility index (Phi) is 3.05. The van der Waals surface area contributed by atoms with Gasteiger partial charge in [-0.1, -0.05) is 6.08 Å². The second-order valence-electron chi connectivity index (χ2n) is 2.72. The number of hydrogen-bond donors (Lipinski definition) is 1. The molecule has 0 fully saturated rings. The molecule has 1 rings (SSSR count). The minimum Gasteiger partial charge on any atom is -0.468 e. The van der Waals surface area contributed by atoms with E-state index in [1.807, 2.05) is 0 Å². The summed E-state index contributed by atoms with van der Waals surface area (Å²) in [6.45, 7) is 0.0288. The molecule has 1 aliphatic heterocycles. The van der Waals surface area contributed by atoms with Gasteiger partial charge in [-0.3, -0.25) is 10.1 Å². The van der Waals surface area contributed by atoms with Gasteiger partial charge < -0.3 is 4.74 Å². The Labute approximate surface area is 76.7 Å². The van der Waals surface area contributed by atoms with Crippen LogP contribution >= 0.6 is 0 Å². The van der Waals surface area contributed by atoms with Crippen LogP contribution in [0.5, 0.6) is 0 Å². The van der Waals surface area contributed by atoms with E-state index in [-0.39, 0.29) is 18.3 Å². The molecule has 0 aliphatic carbocycles. The van der Waals surface area contributed by atoms with Crippen LogP contribution in [-0.2, 0) is 19.4 Å². The van der Waals surface area contributed by atoms with Crippen molar-refractivity contribution in [2.45, 2.75) is 6.04 Å². The van der Waals surface area contributed by atoms with Crippen molar-refractivity contribution in [3.63, 3.8) is 0 Å². The normalized spacial score (nSPS) is 24.5. The molecule has 1 atom stereocenters. The highest BCUT2D eigenvalue weighted by Crippen LogP contribution is 2.07. The molecule has 0 saturated heterocycles. The van der Waals surface area contributed by atoms with E-state index in [2.05, 4.69) is 10.1 Å². The Morgan fingerprint density at radius 1 is 1.69 bits per heavy atom. The molecule has 0 saturated carbocycles. The van der Waals surface area contributed by atoms with Gasteiger partial charge >= 0.3 is 5.97 Å². The van der Waals surface area contributed by atoms with Gasteiger partial charge in [-0.05, 0) is 0 Å². The Hall–Kier alpha value is -0.880. The highest BCUT2D eigenvalue weighted by Gasteiger charge is 2.21. The van der Waals surface area contributed by atoms with Crippen molar-refractivity contribution in [2.75, 3.05) is 19.4 Å². The molecule has 0 aromatic rings. The van der Waals surface area contributed by atoms with Crippen LogP contribution in [0.4, 0.5) is 0 Å². The first-order valence-electron chi connectivity index (χ1n) is 3.74. The fraction of sp³-hybridized carbons (Fsp3) is 0.571. The first-order chi connectivity index (χ1) is 6.03. The second kappa shape index (κ2) is 3.89. The third-order valence-electron chi connectivity index (χ3n) is 1.67. The molecule has 1 N–H and O–H groups in total. The summed E-state index contributed by atoms with van der Waals surface area (Å²) in [6.07, 6.45) is 1.53. The summed E-state index contributed by atoms with van der Waals surface area (Å²) >= 11 is 0. The molecule has 5 nitrogen and oxygen atoms in total. The minimum absolute atomic E-state index is 0.0179. The first-order valence-corrected chi connectivity index (χ1v) is 5.46. The van der Waals surface area contributed by atoms with E-state index in [9.17, 15) is 13.2 Å². The molecular formula is C7H11NO4S. The van der Waals surface area contributed by atoms with E-state index < -0.39 is 15.8 Å². The van der Waals surface area contributed by atoms with Crippen LogP contribution in [-0.4, -0.2) is 39.8 Å². The zero-order valence-corrected chi connectivity index (χ0v) is 8.00. The van der Waals surface area contributed by atoms with E-state index in [0.29, 0.717) is 0 Å². The van der Waals surface area contributed by atoms with E-state index in [0.717, 1.165) is 5.41 Å². The number of hydrogen-bond acceptors (Lipinski definition) is 5. The number of sulfone groups is 1. The molecule has 0 aromatic carbocycles. The zero-order valence-electron chi connectivity index (χ0n) is 7.19.